The van der Waals surface area contributed by atoms with Gasteiger partial charge in [0.15, 0.2) is 11.5 Å². The number of nitrogens with zero attached hydrogens (tertiary/aromatic N) is 1. The predicted molar refractivity (Wildman–Crippen MR) is 110 cm³/mol. The van der Waals surface area contributed by atoms with E-state index in [1.807, 2.05) is 19.1 Å². The molecule has 0 bridgehead atoms. The summed E-state index contributed by atoms with van der Waals surface area (Å²) in [4.78, 5) is 16.4. The third-order valence-corrected chi connectivity index (χ3v) is 4.33. The normalized spacial score (nSPS) is 10.4. The fourth-order valence-electron chi connectivity index (χ4n) is 2.75. The molecule has 0 saturated carbocycles. The molecule has 3 aromatic rings. The van der Waals surface area contributed by atoms with E-state index in [9.17, 15) is 4.79 Å². The zero-order valence-electron chi connectivity index (χ0n) is 16.1. The molecular formula is C23H24N2O3. The molecule has 0 radical (unpaired) electrons. The van der Waals surface area contributed by atoms with Crippen LogP contribution in [-0.4, -0.2) is 18.0 Å². The number of aryl methyl sites for hydroxylation is 2. The summed E-state index contributed by atoms with van der Waals surface area (Å²) in [6, 6.07) is 17.4. The van der Waals surface area contributed by atoms with Crippen molar-refractivity contribution in [3.8, 4) is 11.5 Å². The number of anilines is 1. The van der Waals surface area contributed by atoms with Crippen LogP contribution in [0.25, 0.3) is 0 Å². The predicted octanol–water partition coefficient (Wildman–Crippen LogP) is 4.55. The maximum absolute atomic E-state index is 12.3. The average molecular weight is 376 g/mol. The zero-order chi connectivity index (χ0) is 19.8. The second-order valence-corrected chi connectivity index (χ2v) is 6.55. The fourth-order valence-corrected chi connectivity index (χ4v) is 2.75. The summed E-state index contributed by atoms with van der Waals surface area (Å²) in [7, 11) is 1.59. The van der Waals surface area contributed by atoms with Gasteiger partial charge in [-0.2, -0.15) is 0 Å². The van der Waals surface area contributed by atoms with E-state index in [4.69, 9.17) is 9.47 Å². The van der Waals surface area contributed by atoms with E-state index in [-0.39, 0.29) is 5.91 Å². The molecule has 1 N–H and O–H groups in total. The van der Waals surface area contributed by atoms with Crippen molar-refractivity contribution < 1.29 is 14.3 Å². The van der Waals surface area contributed by atoms with Crippen LogP contribution in [-0.2, 0) is 17.8 Å². The first-order valence-electron chi connectivity index (χ1n) is 9.19. The smallest absolute Gasteiger partial charge is 0.224 e. The van der Waals surface area contributed by atoms with Crippen molar-refractivity contribution in [2.24, 2.45) is 0 Å². The van der Waals surface area contributed by atoms with Gasteiger partial charge in [0, 0.05) is 36.1 Å². The Morgan fingerprint density at radius 2 is 1.86 bits per heavy atom. The van der Waals surface area contributed by atoms with Gasteiger partial charge in [-0.1, -0.05) is 35.9 Å². The van der Waals surface area contributed by atoms with Gasteiger partial charge in [0.2, 0.25) is 5.91 Å². The third kappa shape index (κ3) is 5.58. The van der Waals surface area contributed by atoms with Crippen LogP contribution in [0.5, 0.6) is 11.5 Å². The van der Waals surface area contributed by atoms with Crippen LogP contribution in [0.1, 0.15) is 23.1 Å². The molecule has 0 aliphatic carbocycles. The SMILES string of the molecule is COc1ccc(NC(=O)CCc2ccc(C)cc2)cc1OCc1cccnc1. The molecule has 1 aromatic heterocycles. The van der Waals surface area contributed by atoms with Crippen molar-refractivity contribution in [2.75, 3.05) is 12.4 Å². The molecule has 144 valence electrons. The van der Waals surface area contributed by atoms with Crippen LogP contribution in [0.3, 0.4) is 0 Å². The standard InChI is InChI=1S/C23H24N2O3/c1-17-5-7-18(8-6-17)9-12-23(26)25-20-10-11-21(27-2)22(14-20)28-16-19-4-3-13-24-15-19/h3-8,10-11,13-15H,9,12,16H2,1-2H3,(H,25,26). The second kappa shape index (κ2) is 9.55. The van der Waals surface area contributed by atoms with E-state index in [1.54, 1.807) is 37.7 Å². The third-order valence-electron chi connectivity index (χ3n) is 4.33. The number of carbonyl (C=O) groups excluding carboxylic acids is 1. The number of pyridine rings is 1. The minimum absolute atomic E-state index is 0.0380. The number of hydrogen-bond donors (Lipinski definition) is 1. The summed E-state index contributed by atoms with van der Waals surface area (Å²) in [5, 5.41) is 2.93. The highest BCUT2D eigenvalue weighted by atomic mass is 16.5. The highest BCUT2D eigenvalue weighted by Gasteiger charge is 2.09. The molecule has 5 nitrogen and oxygen atoms in total. The molecule has 0 atom stereocenters. The maximum Gasteiger partial charge on any atom is 0.224 e. The molecular weight excluding hydrogens is 352 g/mol. The van der Waals surface area contributed by atoms with Crippen molar-refractivity contribution >= 4 is 11.6 Å². The van der Waals surface area contributed by atoms with Crippen LogP contribution < -0.4 is 14.8 Å². The number of amides is 1. The van der Waals surface area contributed by atoms with E-state index < -0.39 is 0 Å². The average Bonchev–Trinajstić information content (AvgIpc) is 2.73. The van der Waals surface area contributed by atoms with E-state index in [2.05, 4.69) is 34.6 Å². The molecule has 0 unspecified atom stereocenters. The molecule has 0 fully saturated rings. The Morgan fingerprint density at radius 3 is 2.57 bits per heavy atom. The van der Waals surface area contributed by atoms with Crippen LogP contribution in [0.2, 0.25) is 0 Å². The van der Waals surface area contributed by atoms with Gasteiger partial charge in [-0.15, -0.1) is 0 Å². The molecule has 2 aromatic carbocycles. The van der Waals surface area contributed by atoms with Gasteiger partial charge in [0.05, 0.1) is 7.11 Å². The van der Waals surface area contributed by atoms with E-state index in [0.717, 1.165) is 11.1 Å². The van der Waals surface area contributed by atoms with Crippen molar-refractivity contribution in [2.45, 2.75) is 26.4 Å². The van der Waals surface area contributed by atoms with E-state index in [0.29, 0.717) is 36.6 Å². The molecule has 0 spiro atoms. The maximum atomic E-state index is 12.3. The Balaban J connectivity index is 1.60. The van der Waals surface area contributed by atoms with Gasteiger partial charge in [-0.3, -0.25) is 9.78 Å². The van der Waals surface area contributed by atoms with Gasteiger partial charge in [-0.05, 0) is 37.1 Å². The van der Waals surface area contributed by atoms with Gasteiger partial charge < -0.3 is 14.8 Å². The van der Waals surface area contributed by atoms with Crippen molar-refractivity contribution in [1.82, 2.24) is 4.98 Å². The topological polar surface area (TPSA) is 60.5 Å². The van der Waals surface area contributed by atoms with Gasteiger partial charge >= 0.3 is 0 Å². The summed E-state index contributed by atoms with van der Waals surface area (Å²) < 4.78 is 11.2. The number of carbonyl (C=O) groups is 1. The Bertz CT molecular complexity index is 909. The summed E-state index contributed by atoms with van der Waals surface area (Å²) in [5.41, 5.74) is 3.99. The highest BCUT2D eigenvalue weighted by Crippen LogP contribution is 2.31. The molecule has 0 aliphatic rings. The number of nitrogens with one attached hydrogen (secondary N) is 1. The van der Waals surface area contributed by atoms with Crippen molar-refractivity contribution in [3.05, 3.63) is 83.7 Å². The van der Waals surface area contributed by atoms with Gasteiger partial charge in [0.25, 0.3) is 0 Å². The molecule has 1 heterocycles. The first kappa shape index (κ1) is 19.4. The minimum atomic E-state index is -0.0380. The number of methoxy groups -OCH3 is 1. The van der Waals surface area contributed by atoms with Gasteiger partial charge in [0.1, 0.15) is 6.61 Å². The van der Waals surface area contributed by atoms with Crippen molar-refractivity contribution in [3.63, 3.8) is 0 Å². The first-order valence-corrected chi connectivity index (χ1v) is 9.19. The lowest BCUT2D eigenvalue weighted by atomic mass is 10.1. The number of rotatable bonds is 8. The van der Waals surface area contributed by atoms with Crippen molar-refractivity contribution in [1.29, 1.82) is 0 Å². The van der Waals surface area contributed by atoms with Gasteiger partial charge in [-0.25, -0.2) is 0 Å². The summed E-state index contributed by atoms with van der Waals surface area (Å²) in [5.74, 6) is 1.15. The molecule has 0 aliphatic heterocycles. The van der Waals surface area contributed by atoms with Crippen LogP contribution in [0.15, 0.2) is 67.0 Å². The number of ether oxygens (including phenoxy) is 2. The molecule has 5 heteroatoms. The number of aromatic nitrogens is 1. The largest absolute Gasteiger partial charge is 0.493 e. The Morgan fingerprint density at radius 1 is 1.04 bits per heavy atom. The zero-order valence-corrected chi connectivity index (χ0v) is 16.1. The lowest BCUT2D eigenvalue weighted by Gasteiger charge is -2.13. The molecule has 1 amide bonds. The molecule has 28 heavy (non-hydrogen) atoms. The molecule has 0 saturated heterocycles. The number of benzene rings is 2. The Kier molecular flexibility index (Phi) is 6.63. The lowest BCUT2D eigenvalue weighted by molar-refractivity contribution is -0.116. The van der Waals surface area contributed by atoms with E-state index in [1.165, 1.54) is 5.56 Å². The summed E-state index contributed by atoms with van der Waals surface area (Å²) >= 11 is 0. The van der Waals surface area contributed by atoms with E-state index >= 15 is 0 Å². The summed E-state index contributed by atoms with van der Waals surface area (Å²) in [6.07, 6.45) is 4.59. The fraction of sp³-hybridized carbons (Fsp3) is 0.217. The quantitative estimate of drug-likeness (QED) is 0.627. The Hall–Kier alpha value is -3.34. The molecule has 3 rings (SSSR count). The Labute approximate surface area is 165 Å². The van der Waals surface area contributed by atoms with Crippen LogP contribution in [0.4, 0.5) is 5.69 Å². The lowest BCUT2D eigenvalue weighted by Crippen LogP contribution is -2.12. The van der Waals surface area contributed by atoms with Crippen LogP contribution in [0, 0.1) is 6.92 Å². The summed E-state index contributed by atoms with van der Waals surface area (Å²) in [6.45, 7) is 2.42. The number of hydrogen-bond acceptors (Lipinski definition) is 4. The second-order valence-electron chi connectivity index (χ2n) is 6.55. The highest BCUT2D eigenvalue weighted by molar-refractivity contribution is 5.91. The minimum Gasteiger partial charge on any atom is -0.493 e. The van der Waals surface area contributed by atoms with Crippen LogP contribution >= 0.6 is 0 Å². The first-order chi connectivity index (χ1) is 13.6. The monoisotopic (exact) mass is 376 g/mol.